The van der Waals surface area contributed by atoms with Crippen molar-refractivity contribution in [3.63, 3.8) is 0 Å². The summed E-state index contributed by atoms with van der Waals surface area (Å²) in [5.74, 6) is -0.556. The van der Waals surface area contributed by atoms with Crippen molar-refractivity contribution in [3.8, 4) is 5.75 Å². The van der Waals surface area contributed by atoms with Gasteiger partial charge in [0.2, 0.25) is 0 Å². The van der Waals surface area contributed by atoms with Gasteiger partial charge in [0, 0.05) is 10.5 Å². The molecular weight excluding hydrogens is 290 g/mol. The van der Waals surface area contributed by atoms with Crippen LogP contribution < -0.4 is 4.74 Å². The normalized spacial score (nSPS) is 10.3. The predicted octanol–water partition coefficient (Wildman–Crippen LogP) is 4.31. The zero-order valence-corrected chi connectivity index (χ0v) is 10.4. The number of ether oxygens (including phenoxy) is 1. The van der Waals surface area contributed by atoms with Crippen molar-refractivity contribution in [1.29, 1.82) is 0 Å². The minimum absolute atomic E-state index is 0.130. The second kappa shape index (κ2) is 5.27. The lowest BCUT2D eigenvalue weighted by atomic mass is 10.2. The fourth-order valence-electron chi connectivity index (χ4n) is 1.42. The topological polar surface area (TPSA) is 9.23 Å². The summed E-state index contributed by atoms with van der Waals surface area (Å²) < 4.78 is 32.1. The van der Waals surface area contributed by atoms with E-state index in [2.05, 4.69) is 15.9 Å². The Labute approximate surface area is 106 Å². The molecule has 0 heterocycles. The molecule has 4 heteroatoms. The maximum absolute atomic E-state index is 12.9. The van der Waals surface area contributed by atoms with Crippen molar-refractivity contribution in [2.24, 2.45) is 0 Å². The summed E-state index contributed by atoms with van der Waals surface area (Å²) in [7, 11) is 0. The van der Waals surface area contributed by atoms with Gasteiger partial charge in [-0.2, -0.15) is 0 Å². The highest BCUT2D eigenvalue weighted by molar-refractivity contribution is 9.10. The fraction of sp³-hybridized carbons (Fsp3) is 0.0769. The van der Waals surface area contributed by atoms with Crippen molar-refractivity contribution in [3.05, 3.63) is 64.1 Å². The van der Waals surface area contributed by atoms with E-state index in [-0.39, 0.29) is 6.61 Å². The van der Waals surface area contributed by atoms with Crippen LogP contribution in [-0.4, -0.2) is 0 Å². The number of hydrogen-bond donors (Lipinski definition) is 0. The van der Waals surface area contributed by atoms with Crippen LogP contribution in [0.3, 0.4) is 0 Å². The van der Waals surface area contributed by atoms with Crippen LogP contribution in [0.25, 0.3) is 0 Å². The minimum atomic E-state index is -0.599. The molecule has 0 amide bonds. The average Bonchev–Trinajstić information content (AvgIpc) is 2.25. The first kappa shape index (κ1) is 12.0. The molecule has 0 spiro atoms. The molecule has 2 aromatic rings. The van der Waals surface area contributed by atoms with E-state index in [0.717, 1.165) is 10.5 Å². The van der Waals surface area contributed by atoms with Gasteiger partial charge in [-0.3, -0.25) is 0 Å². The maximum atomic E-state index is 12.9. The number of benzene rings is 2. The second-order valence-corrected chi connectivity index (χ2v) is 4.44. The van der Waals surface area contributed by atoms with Crippen LogP contribution in [0.15, 0.2) is 46.9 Å². The van der Waals surface area contributed by atoms with Crippen LogP contribution in [0.4, 0.5) is 8.78 Å². The standard InChI is InChI=1S/C13H9BrF2O/c14-10-2-1-3-13(6-10)17-8-9-4-11(15)7-12(16)5-9/h1-7H,8H2. The first-order chi connectivity index (χ1) is 8.13. The molecule has 0 bridgehead atoms. The van der Waals surface area contributed by atoms with Crippen molar-refractivity contribution in [1.82, 2.24) is 0 Å². The second-order valence-electron chi connectivity index (χ2n) is 3.52. The Morgan fingerprint density at radius 1 is 1.00 bits per heavy atom. The van der Waals surface area contributed by atoms with Crippen LogP contribution in [0.5, 0.6) is 5.75 Å². The molecule has 2 aromatic carbocycles. The van der Waals surface area contributed by atoms with E-state index < -0.39 is 11.6 Å². The predicted molar refractivity (Wildman–Crippen MR) is 64.8 cm³/mol. The van der Waals surface area contributed by atoms with E-state index in [1.807, 2.05) is 12.1 Å². The Bertz CT molecular complexity index is 508. The van der Waals surface area contributed by atoms with Crippen molar-refractivity contribution in [2.75, 3.05) is 0 Å². The van der Waals surface area contributed by atoms with E-state index >= 15 is 0 Å². The molecule has 0 N–H and O–H groups in total. The third-order valence-corrected chi connectivity index (χ3v) is 2.62. The number of halogens is 3. The van der Waals surface area contributed by atoms with Gasteiger partial charge in [-0.1, -0.05) is 22.0 Å². The molecule has 0 atom stereocenters. The summed E-state index contributed by atoms with van der Waals surface area (Å²) >= 11 is 3.31. The molecule has 0 aromatic heterocycles. The van der Waals surface area contributed by atoms with Crippen LogP contribution in [0.1, 0.15) is 5.56 Å². The summed E-state index contributed by atoms with van der Waals surface area (Å²) in [4.78, 5) is 0. The van der Waals surface area contributed by atoms with E-state index in [1.165, 1.54) is 12.1 Å². The molecule has 1 nitrogen and oxygen atoms in total. The van der Waals surface area contributed by atoms with Crippen molar-refractivity contribution in [2.45, 2.75) is 6.61 Å². The first-order valence-corrected chi connectivity index (χ1v) is 5.76. The highest BCUT2D eigenvalue weighted by Gasteiger charge is 2.02. The van der Waals surface area contributed by atoms with E-state index in [1.54, 1.807) is 12.1 Å². The van der Waals surface area contributed by atoms with Crippen LogP contribution in [0, 0.1) is 11.6 Å². The summed E-state index contributed by atoms with van der Waals surface area (Å²) in [6.07, 6.45) is 0. The van der Waals surface area contributed by atoms with Crippen LogP contribution >= 0.6 is 15.9 Å². The molecule has 0 saturated carbocycles. The monoisotopic (exact) mass is 298 g/mol. The molecule has 88 valence electrons. The van der Waals surface area contributed by atoms with Gasteiger partial charge in [0.1, 0.15) is 24.0 Å². The van der Waals surface area contributed by atoms with Gasteiger partial charge in [-0.05, 0) is 35.9 Å². The number of hydrogen-bond acceptors (Lipinski definition) is 1. The maximum Gasteiger partial charge on any atom is 0.126 e. The average molecular weight is 299 g/mol. The van der Waals surface area contributed by atoms with Gasteiger partial charge in [-0.15, -0.1) is 0 Å². The Kier molecular flexibility index (Phi) is 3.74. The van der Waals surface area contributed by atoms with Gasteiger partial charge in [-0.25, -0.2) is 8.78 Å². The Morgan fingerprint density at radius 3 is 2.35 bits per heavy atom. The molecule has 0 fully saturated rings. The van der Waals surface area contributed by atoms with Gasteiger partial charge in [0.25, 0.3) is 0 Å². The quantitative estimate of drug-likeness (QED) is 0.820. The molecule has 0 radical (unpaired) electrons. The molecule has 0 aliphatic heterocycles. The lowest BCUT2D eigenvalue weighted by Crippen LogP contribution is -1.97. The summed E-state index contributed by atoms with van der Waals surface area (Å²) in [6, 6.07) is 10.6. The Balaban J connectivity index is 2.07. The van der Waals surface area contributed by atoms with Crippen molar-refractivity contribution < 1.29 is 13.5 Å². The van der Waals surface area contributed by atoms with E-state index in [4.69, 9.17) is 4.74 Å². The smallest absolute Gasteiger partial charge is 0.126 e. The lowest BCUT2D eigenvalue weighted by molar-refractivity contribution is 0.304. The molecule has 0 unspecified atom stereocenters. The molecule has 17 heavy (non-hydrogen) atoms. The third kappa shape index (κ3) is 3.53. The highest BCUT2D eigenvalue weighted by atomic mass is 79.9. The van der Waals surface area contributed by atoms with Gasteiger partial charge in [0.05, 0.1) is 0 Å². The minimum Gasteiger partial charge on any atom is -0.489 e. The van der Waals surface area contributed by atoms with Gasteiger partial charge in [0.15, 0.2) is 0 Å². The van der Waals surface area contributed by atoms with Crippen LogP contribution in [-0.2, 0) is 6.61 Å². The summed E-state index contributed by atoms with van der Waals surface area (Å²) in [6.45, 7) is 0.130. The summed E-state index contributed by atoms with van der Waals surface area (Å²) in [5, 5.41) is 0. The molecule has 0 aliphatic carbocycles. The third-order valence-electron chi connectivity index (χ3n) is 2.12. The van der Waals surface area contributed by atoms with E-state index in [0.29, 0.717) is 11.3 Å². The molecular formula is C13H9BrF2O. The van der Waals surface area contributed by atoms with E-state index in [9.17, 15) is 8.78 Å². The van der Waals surface area contributed by atoms with Gasteiger partial charge >= 0.3 is 0 Å². The van der Waals surface area contributed by atoms with Crippen LogP contribution in [0.2, 0.25) is 0 Å². The first-order valence-electron chi connectivity index (χ1n) is 4.97. The fourth-order valence-corrected chi connectivity index (χ4v) is 1.80. The molecule has 0 aliphatic rings. The molecule has 2 rings (SSSR count). The molecule has 0 saturated heterocycles. The largest absolute Gasteiger partial charge is 0.489 e. The SMILES string of the molecule is Fc1cc(F)cc(COc2cccc(Br)c2)c1. The number of rotatable bonds is 3. The van der Waals surface area contributed by atoms with Crippen molar-refractivity contribution >= 4 is 15.9 Å². The Morgan fingerprint density at radius 2 is 1.71 bits per heavy atom. The Hall–Kier alpha value is -1.42. The van der Waals surface area contributed by atoms with Gasteiger partial charge < -0.3 is 4.74 Å². The summed E-state index contributed by atoms with van der Waals surface area (Å²) in [5.41, 5.74) is 0.461. The lowest BCUT2D eigenvalue weighted by Gasteiger charge is -2.06. The highest BCUT2D eigenvalue weighted by Crippen LogP contribution is 2.19. The zero-order chi connectivity index (χ0) is 12.3. The zero-order valence-electron chi connectivity index (χ0n) is 8.79.